The molecule has 188 valence electrons. The number of aromatic amines is 2. The van der Waals surface area contributed by atoms with Crippen molar-refractivity contribution in [2.75, 3.05) is 6.61 Å². The van der Waals surface area contributed by atoms with E-state index in [4.69, 9.17) is 21.1 Å². The first-order chi connectivity index (χ1) is 15.4. The van der Waals surface area contributed by atoms with Crippen LogP contribution in [-0.2, 0) is 34.1 Å². The predicted octanol–water partition coefficient (Wildman–Crippen LogP) is -1.44. The summed E-state index contributed by atoms with van der Waals surface area (Å²) in [5.74, 6) is 4.96. The van der Waals surface area contributed by atoms with Gasteiger partial charge in [-0.25, -0.2) is 20.5 Å². The van der Waals surface area contributed by atoms with Crippen molar-refractivity contribution in [1.82, 2.24) is 20.6 Å². The van der Waals surface area contributed by atoms with Gasteiger partial charge in [0.15, 0.2) is 5.82 Å². The van der Waals surface area contributed by atoms with Gasteiger partial charge in [-0.05, 0) is 22.7 Å². The zero-order valence-corrected chi connectivity index (χ0v) is 22.6. The largest absolute Gasteiger partial charge is 1.00 e. The molecule has 0 spiro atoms. The van der Waals surface area contributed by atoms with E-state index in [9.17, 15) is 14.4 Å². The van der Waals surface area contributed by atoms with E-state index < -0.39 is 11.3 Å². The number of nitrogens with two attached hydrogens (primary N) is 2. The molecule has 0 unspecified atom stereocenters. The van der Waals surface area contributed by atoms with Crippen LogP contribution in [0.2, 0.25) is 0 Å². The summed E-state index contributed by atoms with van der Waals surface area (Å²) in [7, 11) is 0. The van der Waals surface area contributed by atoms with Crippen LogP contribution in [0.3, 0.4) is 0 Å². The second-order valence-corrected chi connectivity index (χ2v) is 6.37. The van der Waals surface area contributed by atoms with Crippen molar-refractivity contribution in [1.29, 1.82) is 0 Å². The minimum atomic E-state index is -0.718. The van der Waals surface area contributed by atoms with E-state index in [0.29, 0.717) is 25.6 Å². The number of rotatable bonds is 8. The van der Waals surface area contributed by atoms with E-state index in [0.717, 1.165) is 11.1 Å². The fraction of sp³-hybridized carbons (Fsp3) is 0.200. The number of nitrogens with one attached hydrogen (secondary N) is 3. The van der Waals surface area contributed by atoms with E-state index in [1.807, 2.05) is 60.7 Å². The number of hydrogen-bond acceptors (Lipinski definition) is 8. The Labute approximate surface area is 235 Å². The Kier molecular flexibility index (Phi) is 25.0. The van der Waals surface area contributed by atoms with Gasteiger partial charge in [0.1, 0.15) is 13.2 Å². The van der Waals surface area contributed by atoms with Gasteiger partial charge in [0.25, 0.3) is 0 Å². The van der Waals surface area contributed by atoms with Gasteiger partial charge < -0.3 is 20.7 Å². The van der Waals surface area contributed by atoms with Crippen LogP contribution in [0, 0.1) is 0 Å². The third-order valence-electron chi connectivity index (χ3n) is 3.37. The minimum absolute atomic E-state index is 0. The van der Waals surface area contributed by atoms with E-state index in [1.54, 1.807) is 5.43 Å². The van der Waals surface area contributed by atoms with Gasteiger partial charge in [-0.15, -0.1) is 12.4 Å². The molecule has 12 nitrogen and oxygen atoms in total. The molecule has 0 aliphatic carbocycles. The van der Waals surface area contributed by atoms with Crippen molar-refractivity contribution in [2.45, 2.75) is 19.8 Å². The maximum absolute atomic E-state index is 10.7. The Morgan fingerprint density at radius 2 is 1.40 bits per heavy atom. The second-order valence-electron chi connectivity index (χ2n) is 5.94. The van der Waals surface area contributed by atoms with E-state index in [2.05, 4.69) is 26.8 Å². The number of ether oxygens (including phenoxy) is 2. The van der Waals surface area contributed by atoms with Crippen molar-refractivity contribution < 1.29 is 54.1 Å². The van der Waals surface area contributed by atoms with Gasteiger partial charge in [0.05, 0.1) is 13.2 Å². The molecule has 0 saturated carbocycles. The van der Waals surface area contributed by atoms with E-state index in [-0.39, 0.29) is 59.7 Å². The third-order valence-corrected chi connectivity index (χ3v) is 3.48. The number of amides is 2. The quantitative estimate of drug-likeness (QED) is 0.0748. The SMILES string of the molecule is Cl.NNC(N)=O.O=C(Cl)COCc1ccccc1.O=c1[nH]nc(COCc2ccccc2)[nH]1.[Na+].[OH-]. The molecule has 0 aliphatic rings. The van der Waals surface area contributed by atoms with Crippen LogP contribution in [0.4, 0.5) is 4.79 Å². The van der Waals surface area contributed by atoms with Crippen LogP contribution in [0.25, 0.3) is 0 Å². The van der Waals surface area contributed by atoms with Crippen LogP contribution in [0.1, 0.15) is 17.0 Å². The van der Waals surface area contributed by atoms with E-state index >= 15 is 0 Å². The monoisotopic (exact) mass is 540 g/mol. The summed E-state index contributed by atoms with van der Waals surface area (Å²) in [5, 5.41) is 5.54. The van der Waals surface area contributed by atoms with Gasteiger partial charge in [-0.1, -0.05) is 60.7 Å². The molecule has 1 aromatic heterocycles. The van der Waals surface area contributed by atoms with E-state index in [1.165, 1.54) is 0 Å². The minimum Gasteiger partial charge on any atom is -0.870 e. The fourth-order valence-corrected chi connectivity index (χ4v) is 2.11. The van der Waals surface area contributed by atoms with Crippen molar-refractivity contribution in [3.63, 3.8) is 0 Å². The van der Waals surface area contributed by atoms with Gasteiger partial charge >= 0.3 is 41.3 Å². The summed E-state index contributed by atoms with van der Waals surface area (Å²) >= 11 is 5.08. The summed E-state index contributed by atoms with van der Waals surface area (Å²) < 4.78 is 10.4. The summed E-state index contributed by atoms with van der Waals surface area (Å²) in [6, 6.07) is 18.7. The number of aromatic nitrogens is 3. The molecule has 0 atom stereocenters. The van der Waals surface area contributed by atoms with Crippen LogP contribution < -0.4 is 52.2 Å². The molecule has 3 rings (SSSR count). The Morgan fingerprint density at radius 1 is 0.943 bits per heavy atom. The summed E-state index contributed by atoms with van der Waals surface area (Å²) in [6.45, 7) is 1.21. The van der Waals surface area contributed by atoms with Gasteiger partial charge in [0, 0.05) is 0 Å². The molecule has 35 heavy (non-hydrogen) atoms. The van der Waals surface area contributed by atoms with Crippen molar-refractivity contribution in [2.24, 2.45) is 11.6 Å². The standard InChI is InChI=1S/C10H11N3O2.C9H9ClO2.CH5N3O.ClH.Na.H2O/c14-10-11-9(12-13-10)7-15-6-8-4-2-1-3-5-8;10-9(11)7-12-6-8-4-2-1-3-5-8;2-1(5)4-3;;;/h1-5H,6-7H2,(H2,11,12,13,14);1-5H,6-7H2;3H2,(H3,2,4,5);1H;;1H2/q;;;;+1;/p-1. The zero-order chi connectivity index (χ0) is 23.6. The van der Waals surface area contributed by atoms with Gasteiger partial charge in [0.2, 0.25) is 5.24 Å². The maximum atomic E-state index is 10.7. The number of nitrogens with zero attached hydrogens (tertiary/aromatic N) is 1. The molecule has 0 fully saturated rings. The molecule has 15 heteroatoms. The van der Waals surface area contributed by atoms with Gasteiger partial charge in [-0.2, -0.15) is 5.10 Å². The predicted molar refractivity (Wildman–Crippen MR) is 127 cm³/mol. The summed E-state index contributed by atoms with van der Waals surface area (Å²) in [5.41, 5.74) is 7.90. The van der Waals surface area contributed by atoms with Crippen LogP contribution in [0.15, 0.2) is 65.5 Å². The van der Waals surface area contributed by atoms with Crippen LogP contribution in [-0.4, -0.2) is 38.5 Å². The second kappa shape index (κ2) is 23.5. The number of urea groups is 1. The molecule has 0 radical (unpaired) electrons. The number of carbonyl (C=O) groups is 2. The molecule has 2 amide bonds. The summed E-state index contributed by atoms with van der Waals surface area (Å²) in [4.78, 5) is 32.8. The molecular weight excluding hydrogens is 514 g/mol. The van der Waals surface area contributed by atoms with Crippen molar-refractivity contribution >= 4 is 35.3 Å². The summed E-state index contributed by atoms with van der Waals surface area (Å²) in [6.07, 6.45) is 0. The first-order valence-electron chi connectivity index (χ1n) is 9.22. The first-order valence-corrected chi connectivity index (χ1v) is 9.59. The Morgan fingerprint density at radius 3 is 1.77 bits per heavy atom. The Balaban J connectivity index is -0.000000466. The average molecular weight is 541 g/mol. The number of benzene rings is 2. The number of H-pyrrole nitrogens is 2. The van der Waals surface area contributed by atoms with Crippen LogP contribution >= 0.6 is 24.0 Å². The fourth-order valence-electron chi connectivity index (χ4n) is 2.04. The number of hydrazine groups is 1. The zero-order valence-electron chi connectivity index (χ0n) is 19.0. The first kappa shape index (κ1) is 37.3. The van der Waals surface area contributed by atoms with Crippen molar-refractivity contribution in [3.8, 4) is 0 Å². The number of halogens is 2. The normalized spacial score (nSPS) is 8.74. The van der Waals surface area contributed by atoms with Crippen LogP contribution in [0.5, 0.6) is 0 Å². The smallest absolute Gasteiger partial charge is 0.870 e. The molecule has 1 heterocycles. The molecule has 0 aliphatic heterocycles. The number of carbonyl (C=O) groups excluding carboxylic acids is 2. The molecule has 8 N–H and O–H groups in total. The molecule has 2 aromatic carbocycles. The molecule has 0 saturated heterocycles. The molecule has 0 bridgehead atoms. The average Bonchev–Trinajstić information content (AvgIpc) is 3.21. The molecule has 3 aromatic rings. The Hall–Kier alpha value is -2.26. The van der Waals surface area contributed by atoms with Crippen molar-refractivity contribution in [3.05, 3.63) is 88.1 Å². The van der Waals surface area contributed by atoms with Gasteiger partial charge in [-0.3, -0.25) is 15.2 Å². The topological polar surface area (TPSA) is 208 Å². The number of primary amides is 1. The third kappa shape index (κ3) is 20.8. The maximum Gasteiger partial charge on any atom is 1.00 e. The number of hydrogen-bond donors (Lipinski definition) is 5. The molecular formula is C20H27Cl2N6NaO6. The Bertz CT molecular complexity index is 979.